The fraction of sp³-hybridized carbons (Fsp3) is 1.00. The predicted octanol–water partition coefficient (Wildman–Crippen LogP) is 2.26. The molecule has 1 saturated carbocycles. The van der Waals surface area contributed by atoms with Crippen LogP contribution in [-0.2, 0) is 9.47 Å². The van der Waals surface area contributed by atoms with Crippen molar-refractivity contribution in [1.29, 1.82) is 0 Å². The molecule has 16 heavy (non-hydrogen) atoms. The Hall–Kier alpha value is -0.120. The van der Waals surface area contributed by atoms with Gasteiger partial charge in [-0.25, -0.2) is 0 Å². The second-order valence-electron chi connectivity index (χ2n) is 5.15. The van der Waals surface area contributed by atoms with E-state index in [1.807, 2.05) is 0 Å². The van der Waals surface area contributed by atoms with Crippen LogP contribution < -0.4 is 0 Å². The van der Waals surface area contributed by atoms with E-state index < -0.39 is 0 Å². The molecule has 0 aromatic carbocycles. The first-order valence-corrected chi connectivity index (χ1v) is 6.64. The number of likely N-dealkylation sites (tertiary alicyclic amines) is 1. The van der Waals surface area contributed by atoms with Crippen LogP contribution in [0.1, 0.15) is 38.5 Å². The van der Waals surface area contributed by atoms with Gasteiger partial charge in [0, 0.05) is 26.8 Å². The van der Waals surface area contributed by atoms with Gasteiger partial charge in [-0.15, -0.1) is 0 Å². The Balaban J connectivity index is 1.91. The first kappa shape index (κ1) is 12.3. The van der Waals surface area contributed by atoms with Crippen molar-refractivity contribution in [3.8, 4) is 0 Å². The number of methoxy groups -OCH3 is 2. The molecule has 94 valence electrons. The largest absolute Gasteiger partial charge is 0.355 e. The lowest BCUT2D eigenvalue weighted by atomic mass is 9.78. The molecule has 0 N–H and O–H groups in total. The molecule has 0 bridgehead atoms. The van der Waals surface area contributed by atoms with Gasteiger partial charge in [0.15, 0.2) is 6.29 Å². The van der Waals surface area contributed by atoms with Crippen molar-refractivity contribution in [3.05, 3.63) is 0 Å². The van der Waals surface area contributed by atoms with Crippen LogP contribution in [0, 0.1) is 5.92 Å². The fourth-order valence-corrected chi connectivity index (χ4v) is 3.39. The van der Waals surface area contributed by atoms with Crippen LogP contribution in [0.2, 0.25) is 0 Å². The molecule has 0 amide bonds. The number of hydrogen-bond donors (Lipinski definition) is 0. The number of fused-ring (bicyclic) bond motifs is 1. The summed E-state index contributed by atoms with van der Waals surface area (Å²) in [6.45, 7) is 2.17. The molecule has 0 aromatic rings. The van der Waals surface area contributed by atoms with Gasteiger partial charge in [-0.2, -0.15) is 0 Å². The summed E-state index contributed by atoms with van der Waals surface area (Å²) >= 11 is 0. The minimum absolute atomic E-state index is 0.0549. The maximum absolute atomic E-state index is 5.32. The van der Waals surface area contributed by atoms with E-state index in [4.69, 9.17) is 9.47 Å². The number of rotatable bonds is 4. The number of nitrogens with zero attached hydrogens (tertiary/aromatic N) is 1. The number of hydrogen-bond acceptors (Lipinski definition) is 3. The molecule has 2 atom stereocenters. The first-order chi connectivity index (χ1) is 7.85. The summed E-state index contributed by atoms with van der Waals surface area (Å²) in [7, 11) is 3.47. The van der Waals surface area contributed by atoms with Crippen molar-refractivity contribution in [1.82, 2.24) is 4.90 Å². The maximum Gasteiger partial charge on any atom is 0.169 e. The molecular weight excluding hydrogens is 202 g/mol. The van der Waals surface area contributed by atoms with Gasteiger partial charge in [-0.05, 0) is 38.1 Å². The van der Waals surface area contributed by atoms with E-state index in [1.165, 1.54) is 45.1 Å². The Bertz CT molecular complexity index is 204. The molecule has 2 unspecified atom stereocenters. The average Bonchev–Trinajstić information content (AvgIpc) is 2.36. The Morgan fingerprint density at radius 1 is 1.06 bits per heavy atom. The van der Waals surface area contributed by atoms with E-state index in [0.29, 0.717) is 0 Å². The molecule has 1 aliphatic heterocycles. The van der Waals surface area contributed by atoms with Crippen LogP contribution in [0.25, 0.3) is 0 Å². The molecule has 0 aromatic heterocycles. The normalized spacial score (nSPS) is 31.7. The fourth-order valence-electron chi connectivity index (χ4n) is 3.39. The average molecular weight is 227 g/mol. The highest BCUT2D eigenvalue weighted by Crippen LogP contribution is 2.35. The smallest absolute Gasteiger partial charge is 0.169 e. The third-order valence-electron chi connectivity index (χ3n) is 4.27. The highest BCUT2D eigenvalue weighted by Gasteiger charge is 2.33. The summed E-state index contributed by atoms with van der Waals surface area (Å²) in [6, 6.07) is 0.801. The maximum atomic E-state index is 5.32. The summed E-state index contributed by atoms with van der Waals surface area (Å²) in [5, 5.41) is 0. The first-order valence-electron chi connectivity index (χ1n) is 6.64. The molecule has 1 aliphatic carbocycles. The van der Waals surface area contributed by atoms with Crippen molar-refractivity contribution >= 4 is 0 Å². The highest BCUT2D eigenvalue weighted by atomic mass is 16.7. The van der Waals surface area contributed by atoms with Gasteiger partial charge < -0.3 is 9.47 Å². The lowest BCUT2D eigenvalue weighted by Gasteiger charge is -2.44. The van der Waals surface area contributed by atoms with E-state index in [-0.39, 0.29) is 6.29 Å². The molecule has 2 fully saturated rings. The third-order valence-corrected chi connectivity index (χ3v) is 4.27. The van der Waals surface area contributed by atoms with Gasteiger partial charge in [0.1, 0.15) is 0 Å². The predicted molar refractivity (Wildman–Crippen MR) is 64.4 cm³/mol. The van der Waals surface area contributed by atoms with Gasteiger partial charge in [0.25, 0.3) is 0 Å². The summed E-state index contributed by atoms with van der Waals surface area (Å²) in [5.74, 6) is 0.942. The zero-order chi connectivity index (χ0) is 11.4. The second kappa shape index (κ2) is 5.99. The van der Waals surface area contributed by atoms with Gasteiger partial charge in [-0.1, -0.05) is 12.8 Å². The highest BCUT2D eigenvalue weighted by molar-refractivity contribution is 4.87. The zero-order valence-corrected chi connectivity index (χ0v) is 10.7. The van der Waals surface area contributed by atoms with Crippen LogP contribution in [0.3, 0.4) is 0 Å². The van der Waals surface area contributed by atoms with Crippen molar-refractivity contribution in [2.45, 2.75) is 50.9 Å². The Labute approximate surface area is 99.1 Å². The zero-order valence-electron chi connectivity index (χ0n) is 10.7. The Kier molecular flexibility index (Phi) is 4.62. The van der Waals surface area contributed by atoms with Crippen LogP contribution in [0.4, 0.5) is 0 Å². The molecule has 1 heterocycles. The van der Waals surface area contributed by atoms with Crippen molar-refractivity contribution < 1.29 is 9.47 Å². The summed E-state index contributed by atoms with van der Waals surface area (Å²) in [6.07, 6.45) is 8.39. The van der Waals surface area contributed by atoms with E-state index >= 15 is 0 Å². The van der Waals surface area contributed by atoms with Gasteiger partial charge in [0.05, 0.1) is 0 Å². The minimum Gasteiger partial charge on any atom is -0.355 e. The summed E-state index contributed by atoms with van der Waals surface area (Å²) in [5.41, 5.74) is 0. The molecule has 3 nitrogen and oxygen atoms in total. The van der Waals surface area contributed by atoms with E-state index in [1.54, 1.807) is 14.2 Å². The summed E-state index contributed by atoms with van der Waals surface area (Å²) < 4.78 is 10.6. The topological polar surface area (TPSA) is 21.7 Å². The van der Waals surface area contributed by atoms with Crippen molar-refractivity contribution in [3.63, 3.8) is 0 Å². The van der Waals surface area contributed by atoms with E-state index in [2.05, 4.69) is 4.90 Å². The van der Waals surface area contributed by atoms with Crippen molar-refractivity contribution in [2.75, 3.05) is 27.3 Å². The van der Waals surface area contributed by atoms with Gasteiger partial charge in [-0.3, -0.25) is 4.90 Å². The molecule has 0 radical (unpaired) electrons. The van der Waals surface area contributed by atoms with Crippen LogP contribution in [0.15, 0.2) is 0 Å². The van der Waals surface area contributed by atoms with Crippen LogP contribution in [-0.4, -0.2) is 44.5 Å². The molecule has 0 spiro atoms. The van der Waals surface area contributed by atoms with Crippen molar-refractivity contribution in [2.24, 2.45) is 5.92 Å². The molecule has 1 saturated heterocycles. The van der Waals surface area contributed by atoms with Gasteiger partial charge in [0.2, 0.25) is 0 Å². The van der Waals surface area contributed by atoms with E-state index in [0.717, 1.165) is 18.5 Å². The SMILES string of the molecule is COC(CN1CCCC2CCCCC21)OC. The lowest BCUT2D eigenvalue weighted by molar-refractivity contribution is -0.128. The minimum atomic E-state index is -0.0549. The van der Waals surface area contributed by atoms with Gasteiger partial charge >= 0.3 is 0 Å². The third kappa shape index (κ3) is 2.76. The molecule has 2 aliphatic rings. The lowest BCUT2D eigenvalue weighted by Crippen LogP contribution is -2.49. The monoisotopic (exact) mass is 227 g/mol. The van der Waals surface area contributed by atoms with Crippen LogP contribution >= 0.6 is 0 Å². The standard InChI is InChI=1S/C13H25NO2/c1-15-13(16-2)10-14-9-5-7-11-6-3-4-8-12(11)14/h11-13H,3-10H2,1-2H3. The Morgan fingerprint density at radius 3 is 2.50 bits per heavy atom. The number of ether oxygens (including phenoxy) is 2. The Morgan fingerprint density at radius 2 is 1.75 bits per heavy atom. The number of piperidine rings is 1. The molecule has 2 rings (SSSR count). The molecule has 3 heteroatoms. The van der Waals surface area contributed by atoms with E-state index in [9.17, 15) is 0 Å². The molecular formula is C13H25NO2. The second-order valence-corrected chi connectivity index (χ2v) is 5.15. The summed E-state index contributed by atoms with van der Waals surface area (Å²) in [4.78, 5) is 2.60. The van der Waals surface area contributed by atoms with Crippen LogP contribution in [0.5, 0.6) is 0 Å². The quantitative estimate of drug-likeness (QED) is 0.688.